The first-order valence-electron chi connectivity index (χ1n) is 14.2. The van der Waals surface area contributed by atoms with Crippen molar-refractivity contribution in [1.29, 1.82) is 0 Å². The maximum absolute atomic E-state index is 13.5. The van der Waals surface area contributed by atoms with E-state index in [1.54, 1.807) is 11.0 Å². The van der Waals surface area contributed by atoms with Crippen molar-refractivity contribution in [3.63, 3.8) is 0 Å². The van der Waals surface area contributed by atoms with Crippen LogP contribution < -0.4 is 11.1 Å². The van der Waals surface area contributed by atoms with Gasteiger partial charge in [-0.25, -0.2) is 9.97 Å². The second-order valence-corrected chi connectivity index (χ2v) is 13.0. The topological polar surface area (TPSA) is 104 Å². The largest absolute Gasteiger partial charge is 0.383 e. The smallest absolute Gasteiger partial charge is 0.313 e. The number of nitrogens with zero attached hydrogens (tertiary/aromatic N) is 4. The lowest BCUT2D eigenvalue weighted by Gasteiger charge is -2.38. The van der Waals surface area contributed by atoms with Crippen LogP contribution in [-0.4, -0.2) is 58.3 Å². The van der Waals surface area contributed by atoms with Crippen molar-refractivity contribution >= 4 is 44.9 Å². The summed E-state index contributed by atoms with van der Waals surface area (Å²) >= 11 is 1.82. The third kappa shape index (κ3) is 5.14. The molecule has 4 heterocycles. The molecule has 1 saturated carbocycles. The number of hydrogen-bond acceptors (Lipinski definition) is 7. The van der Waals surface area contributed by atoms with Gasteiger partial charge >= 0.3 is 11.8 Å². The average Bonchev–Trinajstić information content (AvgIpc) is 3.61. The zero-order valence-electron chi connectivity index (χ0n) is 23.0. The average molecular weight is 547 g/mol. The van der Waals surface area contributed by atoms with Gasteiger partial charge in [0.2, 0.25) is 0 Å². The molecule has 3 fully saturated rings. The number of fused-ring (bicyclic) bond motifs is 2. The highest BCUT2D eigenvalue weighted by atomic mass is 32.1. The van der Waals surface area contributed by atoms with Crippen LogP contribution >= 0.6 is 11.3 Å². The van der Waals surface area contributed by atoms with Crippen LogP contribution in [0.2, 0.25) is 0 Å². The highest BCUT2D eigenvalue weighted by molar-refractivity contribution is 7.18. The summed E-state index contributed by atoms with van der Waals surface area (Å²) in [5, 5.41) is 4.01. The molecule has 1 aliphatic carbocycles. The van der Waals surface area contributed by atoms with Gasteiger partial charge in [-0.3, -0.25) is 9.59 Å². The van der Waals surface area contributed by atoms with E-state index in [-0.39, 0.29) is 6.04 Å². The minimum atomic E-state index is -0.642. The molecule has 0 bridgehead atoms. The number of carbonyl (C=O) groups is 2. The second kappa shape index (κ2) is 10.5. The first kappa shape index (κ1) is 26.2. The number of benzene rings is 1. The van der Waals surface area contributed by atoms with E-state index in [2.05, 4.69) is 47.4 Å². The number of nitrogens with one attached hydrogen (secondary N) is 1. The fourth-order valence-electron chi connectivity index (χ4n) is 6.99. The zero-order valence-corrected chi connectivity index (χ0v) is 23.8. The predicted molar refractivity (Wildman–Crippen MR) is 156 cm³/mol. The Hall–Kier alpha value is -3.04. The van der Waals surface area contributed by atoms with E-state index in [0.717, 1.165) is 41.3 Å². The van der Waals surface area contributed by atoms with Gasteiger partial charge in [-0.1, -0.05) is 19.9 Å². The maximum Gasteiger partial charge on any atom is 0.313 e. The lowest BCUT2D eigenvalue weighted by atomic mass is 9.89. The summed E-state index contributed by atoms with van der Waals surface area (Å²) in [6.45, 7) is 7.08. The van der Waals surface area contributed by atoms with E-state index in [4.69, 9.17) is 10.7 Å². The molecule has 9 heteroatoms. The van der Waals surface area contributed by atoms with Crippen molar-refractivity contribution in [3.8, 4) is 0 Å². The molecule has 3 aromatic rings. The van der Waals surface area contributed by atoms with E-state index in [9.17, 15) is 9.59 Å². The van der Waals surface area contributed by atoms with Crippen molar-refractivity contribution in [2.45, 2.75) is 57.9 Å². The van der Waals surface area contributed by atoms with Crippen molar-refractivity contribution < 1.29 is 9.59 Å². The number of anilines is 2. The van der Waals surface area contributed by atoms with Crippen LogP contribution in [0.25, 0.3) is 10.2 Å². The first-order chi connectivity index (χ1) is 18.8. The van der Waals surface area contributed by atoms with Crippen LogP contribution in [0.5, 0.6) is 0 Å². The normalized spacial score (nSPS) is 27.2. The summed E-state index contributed by atoms with van der Waals surface area (Å²) in [6, 6.07) is 8.07. The Kier molecular flexibility index (Phi) is 7.05. The van der Waals surface area contributed by atoms with Crippen molar-refractivity contribution in [1.82, 2.24) is 19.8 Å². The number of aryl methyl sites for hydroxylation is 1. The summed E-state index contributed by atoms with van der Waals surface area (Å²) < 4.78 is 1.20. The molecule has 39 heavy (non-hydrogen) atoms. The van der Waals surface area contributed by atoms with Gasteiger partial charge in [0, 0.05) is 25.6 Å². The van der Waals surface area contributed by atoms with Crippen molar-refractivity contribution in [2.24, 2.45) is 17.8 Å². The van der Waals surface area contributed by atoms with E-state index in [1.807, 2.05) is 18.3 Å². The summed E-state index contributed by atoms with van der Waals surface area (Å²) in [5.74, 6) is 1.78. The van der Waals surface area contributed by atoms with Gasteiger partial charge in [0.1, 0.15) is 5.82 Å². The minimum absolute atomic E-state index is 0.147. The molecule has 2 aliphatic heterocycles. The molecular weight excluding hydrogens is 508 g/mol. The van der Waals surface area contributed by atoms with Crippen LogP contribution in [0.15, 0.2) is 30.5 Å². The number of hydrogen-bond donors (Lipinski definition) is 2. The Morgan fingerprint density at radius 3 is 2.64 bits per heavy atom. The number of thiazole rings is 1. The number of nitrogen functional groups attached to an aromatic ring is 1. The van der Waals surface area contributed by atoms with E-state index in [1.165, 1.54) is 41.8 Å². The summed E-state index contributed by atoms with van der Waals surface area (Å²) in [4.78, 5) is 40.0. The van der Waals surface area contributed by atoms with Crippen LogP contribution in [0, 0.1) is 17.8 Å². The van der Waals surface area contributed by atoms with E-state index in [0.29, 0.717) is 36.3 Å². The Morgan fingerprint density at radius 2 is 1.90 bits per heavy atom. The Morgan fingerprint density at radius 1 is 1.13 bits per heavy atom. The molecule has 206 valence electrons. The quantitative estimate of drug-likeness (QED) is 0.454. The number of rotatable bonds is 4. The number of piperidine rings is 1. The Bertz CT molecular complexity index is 1390. The number of nitrogens with two attached hydrogens (primary N) is 1. The van der Waals surface area contributed by atoms with Gasteiger partial charge in [0.05, 0.1) is 33.2 Å². The molecule has 5 atom stereocenters. The molecule has 1 aromatic carbocycles. The molecule has 0 spiro atoms. The summed E-state index contributed by atoms with van der Waals surface area (Å²) in [6.07, 6.45) is 6.51. The third-order valence-corrected chi connectivity index (χ3v) is 10.2. The number of pyridine rings is 1. The minimum Gasteiger partial charge on any atom is -0.383 e. The van der Waals surface area contributed by atoms with E-state index >= 15 is 0 Å². The van der Waals surface area contributed by atoms with Crippen LogP contribution in [0.4, 0.5) is 11.5 Å². The maximum atomic E-state index is 13.5. The number of aromatic nitrogens is 2. The van der Waals surface area contributed by atoms with Gasteiger partial charge < -0.3 is 20.9 Å². The predicted octanol–water partition coefficient (Wildman–Crippen LogP) is 4.83. The molecule has 3 N–H and O–H groups in total. The fourth-order valence-corrected chi connectivity index (χ4v) is 8.06. The van der Waals surface area contributed by atoms with E-state index < -0.39 is 11.8 Å². The lowest BCUT2D eigenvalue weighted by molar-refractivity contribution is -0.146. The molecule has 1 unspecified atom stereocenters. The molecular formula is C30H38N6O2S. The SMILES string of the molecule is CCc1cc(NC(=O)C(=O)N2C[C@@H](C)CC[C@@H]2c2ccc3sc(C4C[C@@H]5CN(C)C[C@@H]5C4)nc3c2)cnc1N. The van der Waals surface area contributed by atoms with Gasteiger partial charge in [0.25, 0.3) is 0 Å². The van der Waals surface area contributed by atoms with Gasteiger partial charge in [0.15, 0.2) is 0 Å². The molecule has 3 aliphatic rings. The highest BCUT2D eigenvalue weighted by Crippen LogP contribution is 2.47. The van der Waals surface area contributed by atoms with Crippen LogP contribution in [-0.2, 0) is 16.0 Å². The van der Waals surface area contributed by atoms with Crippen LogP contribution in [0.3, 0.4) is 0 Å². The molecule has 2 amide bonds. The summed E-state index contributed by atoms with van der Waals surface area (Å²) in [5.41, 5.74) is 9.30. The molecule has 2 saturated heterocycles. The van der Waals surface area contributed by atoms with Gasteiger partial charge in [-0.05, 0) is 86.2 Å². The zero-order chi connectivity index (χ0) is 27.3. The monoisotopic (exact) mass is 546 g/mol. The summed E-state index contributed by atoms with van der Waals surface area (Å²) in [7, 11) is 2.23. The molecule has 0 radical (unpaired) electrons. The Balaban J connectivity index is 1.20. The Labute approximate surface area is 234 Å². The second-order valence-electron chi connectivity index (χ2n) is 11.9. The van der Waals surface area contributed by atoms with Gasteiger partial charge in [-0.2, -0.15) is 0 Å². The lowest BCUT2D eigenvalue weighted by Crippen LogP contribution is -2.46. The van der Waals surface area contributed by atoms with Gasteiger partial charge in [-0.15, -0.1) is 11.3 Å². The first-order valence-corrected chi connectivity index (χ1v) is 15.1. The number of amides is 2. The highest BCUT2D eigenvalue weighted by Gasteiger charge is 2.41. The van der Waals surface area contributed by atoms with Crippen LogP contribution in [0.1, 0.15) is 67.6 Å². The number of likely N-dealkylation sites (tertiary alicyclic amines) is 2. The molecule has 6 rings (SSSR count). The standard InChI is InChI=1S/C30H38N6O2S/c1-4-18-11-23(13-32-27(18)31)33-28(37)30(38)36-14-17(2)5-7-25(36)19-6-8-26-24(12-19)34-29(39-26)20-9-21-15-35(3)16-22(21)10-20/h6,8,11-13,17,20-22,25H,4-5,7,9-10,14-16H2,1-3H3,(H2,31,32)(H,33,37)/t17-,20?,21-,22+,25+/m0/s1. The number of carbonyl (C=O) groups excluding carboxylic acids is 2. The fraction of sp³-hybridized carbons (Fsp3) is 0.533. The third-order valence-electron chi connectivity index (χ3n) is 9.01. The van der Waals surface area contributed by atoms with Crippen molar-refractivity contribution in [3.05, 3.63) is 46.6 Å². The molecule has 2 aromatic heterocycles. The molecule has 8 nitrogen and oxygen atoms in total. The van der Waals surface area contributed by atoms with Crippen molar-refractivity contribution in [2.75, 3.05) is 37.7 Å².